The maximum atomic E-state index is 12.8. The molecule has 5 heteroatoms. The number of rotatable bonds is 3. The van der Waals surface area contributed by atoms with Crippen LogP contribution < -0.4 is 0 Å². The maximum absolute atomic E-state index is 12.8. The molecule has 1 atom stereocenters. The average molecular weight is 306 g/mol. The van der Waals surface area contributed by atoms with E-state index in [1.807, 2.05) is 34.8 Å². The van der Waals surface area contributed by atoms with Gasteiger partial charge in [0.05, 0.1) is 31.3 Å². The number of morpholine rings is 1. The van der Waals surface area contributed by atoms with E-state index in [1.54, 1.807) is 0 Å². The van der Waals surface area contributed by atoms with Crippen LogP contribution in [0.2, 0.25) is 0 Å². The standard InChI is InChI=1S/C17H26N2O3/c1-18-9-5-6-14(18)15-13-22-11-10-19(15)16(20)12-17(21)7-3-2-4-8-17/h5-6,9,15,21H,2-4,7-8,10-13H2,1H3/t15-/m1/s1. The molecule has 1 aromatic rings. The molecule has 2 fully saturated rings. The maximum Gasteiger partial charge on any atom is 0.226 e. The van der Waals surface area contributed by atoms with E-state index in [1.165, 1.54) is 6.42 Å². The Balaban J connectivity index is 1.73. The Bertz CT molecular complexity index is 520. The van der Waals surface area contributed by atoms with Gasteiger partial charge in [-0.2, -0.15) is 0 Å². The molecule has 0 bridgehead atoms. The summed E-state index contributed by atoms with van der Waals surface area (Å²) < 4.78 is 7.62. The lowest BCUT2D eigenvalue weighted by Gasteiger charge is -2.39. The highest BCUT2D eigenvalue weighted by atomic mass is 16.5. The van der Waals surface area contributed by atoms with Crippen LogP contribution in [-0.4, -0.2) is 45.8 Å². The van der Waals surface area contributed by atoms with Gasteiger partial charge in [0.15, 0.2) is 0 Å². The third kappa shape index (κ3) is 3.20. The molecule has 5 nitrogen and oxygen atoms in total. The zero-order valence-corrected chi connectivity index (χ0v) is 13.3. The molecule has 1 saturated heterocycles. The van der Waals surface area contributed by atoms with Crippen LogP contribution in [0.3, 0.4) is 0 Å². The second-order valence-corrected chi connectivity index (χ2v) is 6.68. The molecule has 1 N–H and O–H groups in total. The van der Waals surface area contributed by atoms with Gasteiger partial charge >= 0.3 is 0 Å². The predicted octanol–water partition coefficient (Wildman–Crippen LogP) is 2.01. The van der Waals surface area contributed by atoms with Gasteiger partial charge < -0.3 is 19.3 Å². The van der Waals surface area contributed by atoms with E-state index in [4.69, 9.17) is 4.74 Å². The molecular weight excluding hydrogens is 280 g/mol. The number of nitrogens with zero attached hydrogens (tertiary/aromatic N) is 2. The molecule has 1 aliphatic carbocycles. The molecule has 0 unspecified atom stereocenters. The summed E-state index contributed by atoms with van der Waals surface area (Å²) in [6, 6.07) is 3.98. The van der Waals surface area contributed by atoms with Crippen LogP contribution in [0, 0.1) is 0 Å². The number of aromatic nitrogens is 1. The van der Waals surface area contributed by atoms with Gasteiger partial charge in [-0.25, -0.2) is 0 Å². The van der Waals surface area contributed by atoms with Gasteiger partial charge in [0.25, 0.3) is 0 Å². The molecule has 0 spiro atoms. The van der Waals surface area contributed by atoms with E-state index in [0.717, 1.165) is 31.4 Å². The molecule has 1 amide bonds. The van der Waals surface area contributed by atoms with Crippen molar-refractivity contribution in [2.75, 3.05) is 19.8 Å². The molecule has 2 heterocycles. The third-order valence-corrected chi connectivity index (χ3v) is 5.04. The van der Waals surface area contributed by atoms with Crippen LogP contribution in [0.4, 0.5) is 0 Å². The Morgan fingerprint density at radius 2 is 2.18 bits per heavy atom. The average Bonchev–Trinajstić information content (AvgIpc) is 2.93. The molecule has 122 valence electrons. The number of aliphatic hydroxyl groups is 1. The number of carbonyl (C=O) groups is 1. The van der Waals surface area contributed by atoms with Gasteiger partial charge in [0.1, 0.15) is 0 Å². The van der Waals surface area contributed by atoms with Crippen LogP contribution in [0.15, 0.2) is 18.3 Å². The number of carbonyl (C=O) groups excluding carboxylic acids is 1. The van der Waals surface area contributed by atoms with Crippen LogP contribution in [-0.2, 0) is 16.6 Å². The quantitative estimate of drug-likeness (QED) is 0.929. The summed E-state index contributed by atoms with van der Waals surface area (Å²) in [4.78, 5) is 14.7. The molecule has 1 aromatic heterocycles. The highest BCUT2D eigenvalue weighted by Gasteiger charge is 2.37. The van der Waals surface area contributed by atoms with Crippen molar-refractivity contribution < 1.29 is 14.6 Å². The second-order valence-electron chi connectivity index (χ2n) is 6.68. The molecule has 1 aliphatic heterocycles. The Morgan fingerprint density at radius 1 is 1.41 bits per heavy atom. The number of hydrogen-bond acceptors (Lipinski definition) is 3. The normalized spacial score (nSPS) is 25.2. The molecule has 3 rings (SSSR count). The highest BCUT2D eigenvalue weighted by Crippen LogP contribution is 2.33. The summed E-state index contributed by atoms with van der Waals surface area (Å²) in [5.74, 6) is 0.0545. The summed E-state index contributed by atoms with van der Waals surface area (Å²) >= 11 is 0. The van der Waals surface area contributed by atoms with Crippen molar-refractivity contribution in [1.82, 2.24) is 9.47 Å². The van der Waals surface area contributed by atoms with Crippen LogP contribution >= 0.6 is 0 Å². The van der Waals surface area contributed by atoms with E-state index in [2.05, 4.69) is 0 Å². The van der Waals surface area contributed by atoms with Crippen molar-refractivity contribution in [3.63, 3.8) is 0 Å². The van der Waals surface area contributed by atoms with Crippen molar-refractivity contribution in [2.24, 2.45) is 7.05 Å². The predicted molar refractivity (Wildman–Crippen MR) is 83.3 cm³/mol. The van der Waals surface area contributed by atoms with E-state index in [0.29, 0.717) is 19.8 Å². The number of aryl methyl sites for hydroxylation is 1. The number of amides is 1. The van der Waals surface area contributed by atoms with Crippen molar-refractivity contribution in [1.29, 1.82) is 0 Å². The fraction of sp³-hybridized carbons (Fsp3) is 0.706. The zero-order valence-electron chi connectivity index (χ0n) is 13.3. The largest absolute Gasteiger partial charge is 0.389 e. The van der Waals surface area contributed by atoms with E-state index in [-0.39, 0.29) is 18.4 Å². The first kappa shape index (κ1) is 15.6. The van der Waals surface area contributed by atoms with Crippen molar-refractivity contribution in [3.8, 4) is 0 Å². The molecular formula is C17H26N2O3. The molecule has 22 heavy (non-hydrogen) atoms. The van der Waals surface area contributed by atoms with E-state index >= 15 is 0 Å². The fourth-order valence-electron chi connectivity index (χ4n) is 3.74. The smallest absolute Gasteiger partial charge is 0.226 e. The minimum Gasteiger partial charge on any atom is -0.389 e. The molecule has 0 aromatic carbocycles. The van der Waals surface area contributed by atoms with Gasteiger partial charge in [-0.15, -0.1) is 0 Å². The first-order chi connectivity index (χ1) is 10.6. The molecule has 1 saturated carbocycles. The summed E-state index contributed by atoms with van der Waals surface area (Å²) in [5, 5.41) is 10.7. The van der Waals surface area contributed by atoms with Crippen molar-refractivity contribution in [2.45, 2.75) is 50.2 Å². The number of ether oxygens (including phenoxy) is 1. The van der Waals surface area contributed by atoms with Gasteiger partial charge in [-0.3, -0.25) is 4.79 Å². The van der Waals surface area contributed by atoms with Crippen molar-refractivity contribution in [3.05, 3.63) is 24.0 Å². The van der Waals surface area contributed by atoms with Gasteiger partial charge in [0, 0.05) is 25.5 Å². The Morgan fingerprint density at radius 3 is 2.86 bits per heavy atom. The Kier molecular flexibility index (Phi) is 4.54. The minimum absolute atomic E-state index is 0.0477. The van der Waals surface area contributed by atoms with Crippen LogP contribution in [0.5, 0.6) is 0 Å². The lowest BCUT2D eigenvalue weighted by molar-refractivity contribution is -0.146. The van der Waals surface area contributed by atoms with Gasteiger partial charge in [0.2, 0.25) is 5.91 Å². The third-order valence-electron chi connectivity index (χ3n) is 5.04. The lowest BCUT2D eigenvalue weighted by atomic mass is 9.82. The van der Waals surface area contributed by atoms with Crippen LogP contribution in [0.25, 0.3) is 0 Å². The van der Waals surface area contributed by atoms with Crippen LogP contribution in [0.1, 0.15) is 50.3 Å². The first-order valence-corrected chi connectivity index (χ1v) is 8.30. The molecule has 2 aliphatic rings. The van der Waals surface area contributed by atoms with E-state index < -0.39 is 5.60 Å². The highest BCUT2D eigenvalue weighted by molar-refractivity contribution is 5.78. The second kappa shape index (κ2) is 6.42. The number of hydrogen-bond donors (Lipinski definition) is 1. The fourth-order valence-corrected chi connectivity index (χ4v) is 3.74. The topological polar surface area (TPSA) is 54.7 Å². The van der Waals surface area contributed by atoms with Gasteiger partial charge in [-0.1, -0.05) is 19.3 Å². The monoisotopic (exact) mass is 306 g/mol. The summed E-state index contributed by atoms with van der Waals surface area (Å²) in [6.45, 7) is 1.71. The Hall–Kier alpha value is -1.33. The van der Waals surface area contributed by atoms with Crippen molar-refractivity contribution >= 4 is 5.91 Å². The summed E-state index contributed by atoms with van der Waals surface area (Å²) in [6.07, 6.45) is 6.94. The van der Waals surface area contributed by atoms with Gasteiger partial charge in [-0.05, 0) is 25.0 Å². The summed E-state index contributed by atoms with van der Waals surface area (Å²) in [5.41, 5.74) is 0.288. The summed E-state index contributed by atoms with van der Waals surface area (Å²) in [7, 11) is 1.99. The first-order valence-electron chi connectivity index (χ1n) is 8.30. The SMILES string of the molecule is Cn1cccc1[C@H]1COCCN1C(=O)CC1(O)CCCCC1. The Labute approximate surface area is 131 Å². The minimum atomic E-state index is -0.799. The van der Waals surface area contributed by atoms with E-state index in [9.17, 15) is 9.90 Å². The molecule has 0 radical (unpaired) electrons. The zero-order chi connectivity index (χ0) is 15.6. The lowest BCUT2D eigenvalue weighted by Crippen LogP contribution is -2.47.